The minimum absolute atomic E-state index is 0.0887. The zero-order valence-electron chi connectivity index (χ0n) is 10.7. The van der Waals surface area contributed by atoms with Crippen LogP contribution in [-0.2, 0) is 4.79 Å². The number of carboxylic acids is 1. The third kappa shape index (κ3) is 4.60. The van der Waals surface area contributed by atoms with Crippen LogP contribution < -0.4 is 15.4 Å². The molecule has 4 N–H and O–H groups in total. The second-order valence-electron chi connectivity index (χ2n) is 3.85. The highest BCUT2D eigenvalue weighted by atomic mass is 35.5. The molecule has 8 heteroatoms. The Morgan fingerprint density at radius 2 is 2.15 bits per heavy atom. The molecule has 0 aliphatic heterocycles. The van der Waals surface area contributed by atoms with Crippen molar-refractivity contribution in [1.82, 2.24) is 5.32 Å². The average molecular weight is 303 g/mol. The number of urea groups is 1. The van der Waals surface area contributed by atoms with Crippen molar-refractivity contribution in [3.8, 4) is 5.75 Å². The number of hydrogen-bond donors (Lipinski definition) is 4. The number of hydrogen-bond acceptors (Lipinski definition) is 4. The molecule has 1 atom stereocenters. The highest BCUT2D eigenvalue weighted by molar-refractivity contribution is 6.33. The molecule has 0 fully saturated rings. The van der Waals surface area contributed by atoms with Crippen molar-refractivity contribution in [2.45, 2.75) is 12.5 Å². The summed E-state index contributed by atoms with van der Waals surface area (Å²) in [5.41, 5.74) is 0.289. The maximum Gasteiger partial charge on any atom is 0.326 e. The van der Waals surface area contributed by atoms with Crippen molar-refractivity contribution in [2.75, 3.05) is 19.0 Å². The Morgan fingerprint density at radius 3 is 2.70 bits per heavy atom. The first kappa shape index (κ1) is 16.1. The Hall–Kier alpha value is -1.99. The molecule has 1 rings (SSSR count). The van der Waals surface area contributed by atoms with E-state index in [0.717, 1.165) is 0 Å². The predicted octanol–water partition coefficient (Wildman–Crippen LogP) is 1.31. The normalized spacial score (nSPS) is 11.6. The molecule has 2 amide bonds. The Bertz CT molecular complexity index is 495. The third-order valence-electron chi connectivity index (χ3n) is 2.44. The van der Waals surface area contributed by atoms with E-state index in [2.05, 4.69) is 10.6 Å². The molecule has 20 heavy (non-hydrogen) atoms. The number of carbonyl (C=O) groups is 2. The van der Waals surface area contributed by atoms with Crippen LogP contribution in [0.2, 0.25) is 5.02 Å². The van der Waals surface area contributed by atoms with Gasteiger partial charge in [0.15, 0.2) is 0 Å². The number of benzene rings is 1. The Kier molecular flexibility index (Phi) is 6.08. The summed E-state index contributed by atoms with van der Waals surface area (Å²) >= 11 is 5.90. The number of aliphatic hydroxyl groups excluding tert-OH is 1. The van der Waals surface area contributed by atoms with Gasteiger partial charge in [-0.3, -0.25) is 0 Å². The number of carbonyl (C=O) groups excluding carboxylic acids is 1. The number of methoxy groups -OCH3 is 1. The van der Waals surface area contributed by atoms with E-state index >= 15 is 0 Å². The van der Waals surface area contributed by atoms with Gasteiger partial charge in [0.25, 0.3) is 0 Å². The SMILES string of the molecule is COc1ccc(Cl)c(NC(=O)N[C@@H](CCO)C(=O)O)c1. The highest BCUT2D eigenvalue weighted by Crippen LogP contribution is 2.26. The lowest BCUT2D eigenvalue weighted by atomic mass is 10.2. The van der Waals surface area contributed by atoms with Crippen LogP contribution in [0, 0.1) is 0 Å². The first-order valence-corrected chi connectivity index (χ1v) is 6.10. The number of aliphatic hydroxyl groups is 1. The second kappa shape index (κ2) is 7.56. The molecule has 0 unspecified atom stereocenters. The van der Waals surface area contributed by atoms with Crippen molar-refractivity contribution in [2.24, 2.45) is 0 Å². The lowest BCUT2D eigenvalue weighted by molar-refractivity contribution is -0.139. The monoisotopic (exact) mass is 302 g/mol. The van der Waals surface area contributed by atoms with Crippen LogP contribution in [0.4, 0.5) is 10.5 Å². The second-order valence-corrected chi connectivity index (χ2v) is 4.25. The fourth-order valence-electron chi connectivity index (χ4n) is 1.43. The average Bonchev–Trinajstić information content (AvgIpc) is 2.40. The van der Waals surface area contributed by atoms with Gasteiger partial charge in [0.05, 0.1) is 17.8 Å². The van der Waals surface area contributed by atoms with Gasteiger partial charge < -0.3 is 25.6 Å². The fraction of sp³-hybridized carbons (Fsp3) is 0.333. The molecule has 1 aromatic rings. The van der Waals surface area contributed by atoms with Gasteiger partial charge in [-0.15, -0.1) is 0 Å². The first-order chi connectivity index (χ1) is 9.47. The van der Waals surface area contributed by atoms with Crippen molar-refractivity contribution in [3.05, 3.63) is 23.2 Å². The summed E-state index contributed by atoms with van der Waals surface area (Å²) < 4.78 is 4.99. The van der Waals surface area contributed by atoms with Gasteiger partial charge in [-0.1, -0.05) is 11.6 Å². The molecular weight excluding hydrogens is 288 g/mol. The summed E-state index contributed by atoms with van der Waals surface area (Å²) in [7, 11) is 1.47. The minimum atomic E-state index is -1.23. The van der Waals surface area contributed by atoms with Crippen LogP contribution in [0.5, 0.6) is 5.75 Å². The van der Waals surface area contributed by atoms with E-state index in [1.165, 1.54) is 13.2 Å². The number of rotatable bonds is 6. The van der Waals surface area contributed by atoms with E-state index in [0.29, 0.717) is 5.75 Å². The van der Waals surface area contributed by atoms with Gasteiger partial charge in [-0.2, -0.15) is 0 Å². The molecule has 0 saturated carbocycles. The summed E-state index contributed by atoms with van der Waals surface area (Å²) in [6.45, 7) is -0.350. The summed E-state index contributed by atoms with van der Waals surface area (Å²) in [6.07, 6.45) is -0.0887. The number of anilines is 1. The van der Waals surface area contributed by atoms with Crippen LogP contribution in [0.15, 0.2) is 18.2 Å². The van der Waals surface area contributed by atoms with Gasteiger partial charge in [-0.25, -0.2) is 9.59 Å². The predicted molar refractivity (Wildman–Crippen MR) is 73.3 cm³/mol. The lowest BCUT2D eigenvalue weighted by Crippen LogP contribution is -2.43. The Labute approximate surface area is 120 Å². The number of ether oxygens (including phenoxy) is 1. The van der Waals surface area contributed by atoms with E-state index < -0.39 is 18.0 Å². The molecule has 0 aliphatic carbocycles. The topological polar surface area (TPSA) is 108 Å². The van der Waals surface area contributed by atoms with E-state index in [4.69, 9.17) is 26.6 Å². The van der Waals surface area contributed by atoms with Gasteiger partial charge in [0, 0.05) is 19.1 Å². The molecular formula is C12H15ClN2O5. The molecule has 0 saturated heterocycles. The minimum Gasteiger partial charge on any atom is -0.497 e. The zero-order valence-corrected chi connectivity index (χ0v) is 11.5. The Morgan fingerprint density at radius 1 is 1.45 bits per heavy atom. The molecule has 1 aromatic carbocycles. The summed E-state index contributed by atoms with van der Waals surface area (Å²) in [4.78, 5) is 22.5. The van der Waals surface area contributed by atoms with Gasteiger partial charge in [0.1, 0.15) is 11.8 Å². The van der Waals surface area contributed by atoms with Crippen LogP contribution >= 0.6 is 11.6 Å². The largest absolute Gasteiger partial charge is 0.497 e. The number of aliphatic carboxylic acids is 1. The lowest BCUT2D eigenvalue weighted by Gasteiger charge is -2.15. The molecule has 7 nitrogen and oxygen atoms in total. The van der Waals surface area contributed by atoms with Crippen molar-refractivity contribution in [1.29, 1.82) is 0 Å². The number of amides is 2. The number of halogens is 1. The quantitative estimate of drug-likeness (QED) is 0.633. The fourth-order valence-corrected chi connectivity index (χ4v) is 1.60. The van der Waals surface area contributed by atoms with E-state index in [-0.39, 0.29) is 23.7 Å². The van der Waals surface area contributed by atoms with Crippen LogP contribution in [0.3, 0.4) is 0 Å². The number of carboxylic acid groups (broad SMARTS) is 1. The van der Waals surface area contributed by atoms with E-state index in [1.807, 2.05) is 0 Å². The van der Waals surface area contributed by atoms with Gasteiger partial charge in [-0.05, 0) is 12.1 Å². The smallest absolute Gasteiger partial charge is 0.326 e. The van der Waals surface area contributed by atoms with Crippen LogP contribution in [0.1, 0.15) is 6.42 Å². The molecule has 0 heterocycles. The maximum absolute atomic E-state index is 11.7. The summed E-state index contributed by atoms with van der Waals surface area (Å²) in [6, 6.07) is 2.75. The third-order valence-corrected chi connectivity index (χ3v) is 2.77. The number of nitrogens with one attached hydrogen (secondary N) is 2. The van der Waals surface area contributed by atoms with Crippen molar-refractivity contribution >= 4 is 29.3 Å². The summed E-state index contributed by atoms with van der Waals surface area (Å²) in [5.74, 6) is -0.735. The van der Waals surface area contributed by atoms with Crippen LogP contribution in [0.25, 0.3) is 0 Å². The standard InChI is InChI=1S/C12H15ClN2O5/c1-20-7-2-3-8(13)10(6-7)15-12(19)14-9(4-5-16)11(17)18/h2-3,6,9,16H,4-5H2,1H3,(H,17,18)(H2,14,15,19)/t9-/m0/s1. The molecule has 0 aromatic heterocycles. The first-order valence-electron chi connectivity index (χ1n) is 5.72. The van der Waals surface area contributed by atoms with E-state index in [9.17, 15) is 9.59 Å². The molecule has 0 spiro atoms. The van der Waals surface area contributed by atoms with Gasteiger partial charge >= 0.3 is 12.0 Å². The van der Waals surface area contributed by atoms with Crippen LogP contribution in [-0.4, -0.2) is 42.0 Å². The Balaban J connectivity index is 2.72. The van der Waals surface area contributed by atoms with Gasteiger partial charge in [0.2, 0.25) is 0 Å². The van der Waals surface area contributed by atoms with Crippen molar-refractivity contribution in [3.63, 3.8) is 0 Å². The molecule has 0 radical (unpaired) electrons. The van der Waals surface area contributed by atoms with E-state index in [1.54, 1.807) is 12.1 Å². The summed E-state index contributed by atoms with van der Waals surface area (Å²) in [5, 5.41) is 22.5. The molecule has 0 bridgehead atoms. The van der Waals surface area contributed by atoms with Crippen molar-refractivity contribution < 1.29 is 24.5 Å². The highest BCUT2D eigenvalue weighted by Gasteiger charge is 2.19. The maximum atomic E-state index is 11.7. The molecule has 110 valence electrons. The molecule has 0 aliphatic rings. The zero-order chi connectivity index (χ0) is 15.1.